The van der Waals surface area contributed by atoms with Crippen molar-refractivity contribution in [1.82, 2.24) is 14.5 Å². The lowest BCUT2D eigenvalue weighted by atomic mass is 10.0. The minimum atomic E-state index is -4.76. The molecule has 5 N–H and O–H groups in total. The van der Waals surface area contributed by atoms with Gasteiger partial charge in [-0.3, -0.25) is 15.1 Å². The molecule has 1 unspecified atom stereocenters. The van der Waals surface area contributed by atoms with E-state index in [1.165, 1.54) is 12.1 Å². The highest BCUT2D eigenvalue weighted by atomic mass is 19.4. The molecule has 0 radical (unpaired) electrons. The number of aromatic nitrogens is 2. The van der Waals surface area contributed by atoms with E-state index in [2.05, 4.69) is 24.8 Å². The first kappa shape index (κ1) is 30.9. The number of rotatable bonds is 10. The number of hydrogen-bond acceptors (Lipinski definition) is 6. The van der Waals surface area contributed by atoms with Crippen LogP contribution in [0.5, 0.6) is 5.75 Å². The van der Waals surface area contributed by atoms with Crippen LogP contribution in [0, 0.1) is 5.41 Å². The van der Waals surface area contributed by atoms with Crippen molar-refractivity contribution in [2.75, 3.05) is 23.7 Å². The Hall–Kier alpha value is -4.58. The molecule has 1 saturated heterocycles. The van der Waals surface area contributed by atoms with Gasteiger partial charge >= 0.3 is 6.36 Å². The van der Waals surface area contributed by atoms with E-state index in [4.69, 9.17) is 16.1 Å². The van der Waals surface area contributed by atoms with Crippen LogP contribution < -0.4 is 21.1 Å². The summed E-state index contributed by atoms with van der Waals surface area (Å²) < 4.78 is 44.5. The van der Waals surface area contributed by atoms with Gasteiger partial charge in [0.2, 0.25) is 5.91 Å². The van der Waals surface area contributed by atoms with E-state index in [1.54, 1.807) is 12.1 Å². The van der Waals surface area contributed by atoms with Crippen LogP contribution in [0.2, 0.25) is 0 Å². The highest BCUT2D eigenvalue weighted by Gasteiger charge is 2.33. The second-order valence-electron chi connectivity index (χ2n) is 11.1. The lowest BCUT2D eigenvalue weighted by Gasteiger charge is -2.36. The number of fused-ring (bicyclic) bond motifs is 1. The van der Waals surface area contributed by atoms with Gasteiger partial charge in [-0.1, -0.05) is 36.4 Å². The van der Waals surface area contributed by atoms with Gasteiger partial charge in [-0.15, -0.1) is 13.2 Å². The number of anilines is 2. The molecule has 9 nitrogen and oxygen atoms in total. The predicted octanol–water partition coefficient (Wildman–Crippen LogP) is 5.44. The summed E-state index contributed by atoms with van der Waals surface area (Å²) in [5.74, 6) is 0.582. The third-order valence-electron chi connectivity index (χ3n) is 8.07. The Balaban J connectivity index is 1.15. The maximum Gasteiger partial charge on any atom is 0.573 e. The number of likely N-dealkylation sites (tertiary alicyclic amines) is 1. The standard InChI is InChI=1S/C32H36F3N7O2/c1-20(42-17-15-23(16-18-42)38-25-5-3-4-6-28(25)44-32(33,34)35)31(43)39-24-12-13-27-26(19-24)40-29(41(27)2)14-9-21-7-10-22(11-8-21)30(36)37/h3-8,10-13,19-20,23,38H,9,14-18H2,1-2H3,(H3,36,37)(H,39,43). The number of nitrogens with zero attached hydrogens (tertiary/aromatic N) is 3. The third-order valence-corrected chi connectivity index (χ3v) is 8.07. The Kier molecular flexibility index (Phi) is 9.09. The Morgan fingerprint density at radius 1 is 1.09 bits per heavy atom. The molecule has 1 aromatic heterocycles. The molecular formula is C32H36F3N7O2. The van der Waals surface area contributed by atoms with E-state index in [0.717, 1.165) is 35.3 Å². The van der Waals surface area contributed by atoms with E-state index in [0.29, 0.717) is 42.9 Å². The van der Waals surface area contributed by atoms with Crippen LogP contribution in [0.1, 0.15) is 36.7 Å². The molecule has 1 aliphatic heterocycles. The summed E-state index contributed by atoms with van der Waals surface area (Å²) in [5.41, 5.74) is 10.1. The van der Waals surface area contributed by atoms with Crippen LogP contribution in [-0.2, 0) is 24.7 Å². The van der Waals surface area contributed by atoms with Crippen molar-refractivity contribution >= 4 is 34.2 Å². The summed E-state index contributed by atoms with van der Waals surface area (Å²) in [7, 11) is 1.98. The van der Waals surface area contributed by atoms with Gasteiger partial charge in [-0.05, 0) is 62.1 Å². The van der Waals surface area contributed by atoms with Gasteiger partial charge in [0.25, 0.3) is 0 Å². The number of alkyl halides is 3. The Labute approximate surface area is 253 Å². The van der Waals surface area contributed by atoms with Crippen molar-refractivity contribution in [2.24, 2.45) is 12.8 Å². The number of hydrogen-bond donors (Lipinski definition) is 4. The number of nitrogen functional groups attached to an aromatic ring is 1. The number of benzene rings is 3. The average Bonchev–Trinajstić information content (AvgIpc) is 3.30. The molecule has 1 aliphatic rings. The lowest BCUT2D eigenvalue weighted by molar-refractivity contribution is -0.274. The van der Waals surface area contributed by atoms with Crippen LogP contribution >= 0.6 is 0 Å². The maximum atomic E-state index is 13.2. The first-order chi connectivity index (χ1) is 21.0. The molecule has 0 spiro atoms. The number of piperidine rings is 1. The Morgan fingerprint density at radius 2 is 1.80 bits per heavy atom. The molecule has 5 rings (SSSR count). The summed E-state index contributed by atoms with van der Waals surface area (Å²) in [6.07, 6.45) is -1.91. The molecule has 0 bridgehead atoms. The van der Waals surface area contributed by atoms with Crippen LogP contribution in [0.4, 0.5) is 24.5 Å². The number of aryl methyl sites for hydroxylation is 3. The number of carbonyl (C=O) groups excluding carboxylic acids is 1. The largest absolute Gasteiger partial charge is 0.573 e. The molecule has 12 heteroatoms. The summed E-state index contributed by atoms with van der Waals surface area (Å²) in [5, 5.41) is 13.7. The van der Waals surface area contributed by atoms with Crippen LogP contribution in [0.25, 0.3) is 11.0 Å². The summed E-state index contributed by atoms with van der Waals surface area (Å²) in [6.45, 7) is 3.10. The highest BCUT2D eigenvalue weighted by molar-refractivity contribution is 5.96. The van der Waals surface area contributed by atoms with Crippen LogP contribution in [0.3, 0.4) is 0 Å². The number of nitrogens with two attached hydrogens (primary N) is 1. The molecule has 2 heterocycles. The number of amidine groups is 1. The molecule has 3 aromatic carbocycles. The average molecular weight is 608 g/mol. The second kappa shape index (κ2) is 13.0. The fraction of sp³-hybridized carbons (Fsp3) is 0.344. The maximum absolute atomic E-state index is 13.2. The molecule has 1 fully saturated rings. The smallest absolute Gasteiger partial charge is 0.404 e. The van der Waals surface area contributed by atoms with Crippen molar-refractivity contribution in [3.63, 3.8) is 0 Å². The van der Waals surface area contributed by atoms with Crippen molar-refractivity contribution in [3.8, 4) is 5.75 Å². The monoisotopic (exact) mass is 607 g/mol. The molecule has 0 saturated carbocycles. The summed E-state index contributed by atoms with van der Waals surface area (Å²) in [6, 6.07) is 18.9. The number of ether oxygens (including phenoxy) is 1. The number of nitrogens with one attached hydrogen (secondary N) is 3. The van der Waals surface area contributed by atoms with Crippen LogP contribution in [0.15, 0.2) is 66.7 Å². The topological polar surface area (TPSA) is 121 Å². The summed E-state index contributed by atoms with van der Waals surface area (Å²) >= 11 is 0. The lowest BCUT2D eigenvalue weighted by Crippen LogP contribution is -2.48. The number of imidazole rings is 1. The van der Waals surface area contributed by atoms with Gasteiger partial charge in [0.1, 0.15) is 11.7 Å². The van der Waals surface area contributed by atoms with E-state index in [1.807, 2.05) is 56.4 Å². The highest BCUT2D eigenvalue weighted by Crippen LogP contribution is 2.31. The number of halogens is 3. The zero-order valence-electron chi connectivity index (χ0n) is 24.6. The van der Waals surface area contributed by atoms with Gasteiger partial charge < -0.3 is 25.7 Å². The van der Waals surface area contributed by atoms with E-state index < -0.39 is 6.36 Å². The molecule has 1 atom stereocenters. The summed E-state index contributed by atoms with van der Waals surface area (Å²) in [4.78, 5) is 20.0. The molecule has 232 valence electrons. The van der Waals surface area contributed by atoms with Gasteiger partial charge in [0.05, 0.1) is 22.8 Å². The van der Waals surface area contributed by atoms with Crippen molar-refractivity contribution in [3.05, 3.63) is 83.7 Å². The van der Waals surface area contributed by atoms with Crippen LogP contribution in [-0.4, -0.2) is 57.7 Å². The van der Waals surface area contributed by atoms with Gasteiger partial charge in [0.15, 0.2) is 5.75 Å². The minimum Gasteiger partial charge on any atom is -0.404 e. The van der Waals surface area contributed by atoms with E-state index in [-0.39, 0.29) is 29.6 Å². The van der Waals surface area contributed by atoms with Crippen molar-refractivity contribution in [2.45, 2.75) is 51.1 Å². The fourth-order valence-corrected chi connectivity index (χ4v) is 5.52. The van der Waals surface area contributed by atoms with Gasteiger partial charge in [0, 0.05) is 43.9 Å². The van der Waals surface area contributed by atoms with Gasteiger partial charge in [-0.25, -0.2) is 4.98 Å². The molecule has 1 amide bonds. The molecule has 44 heavy (non-hydrogen) atoms. The predicted molar refractivity (Wildman–Crippen MR) is 165 cm³/mol. The number of amides is 1. The van der Waals surface area contributed by atoms with Gasteiger partial charge in [-0.2, -0.15) is 0 Å². The first-order valence-corrected chi connectivity index (χ1v) is 14.5. The first-order valence-electron chi connectivity index (χ1n) is 14.5. The molecular weight excluding hydrogens is 571 g/mol. The van der Waals surface area contributed by atoms with Crippen molar-refractivity contribution in [1.29, 1.82) is 5.41 Å². The number of carbonyl (C=O) groups is 1. The zero-order valence-corrected chi connectivity index (χ0v) is 24.6. The Morgan fingerprint density at radius 3 is 2.48 bits per heavy atom. The van der Waals surface area contributed by atoms with Crippen molar-refractivity contribution < 1.29 is 22.7 Å². The Bertz CT molecular complexity index is 1630. The molecule has 4 aromatic rings. The SMILES string of the molecule is CC(C(=O)Nc1ccc2c(c1)nc(CCc1ccc(C(=N)N)cc1)n2C)N1CCC(Nc2ccccc2OC(F)(F)F)CC1. The van der Waals surface area contributed by atoms with E-state index >= 15 is 0 Å². The fourth-order valence-electron chi connectivity index (χ4n) is 5.52. The number of para-hydroxylation sites is 2. The normalized spacial score (nSPS) is 15.2. The zero-order chi connectivity index (χ0) is 31.4. The third kappa shape index (κ3) is 7.49. The van der Waals surface area contributed by atoms with E-state index in [9.17, 15) is 18.0 Å². The quantitative estimate of drug-likeness (QED) is 0.141. The minimum absolute atomic E-state index is 0.0415. The molecule has 0 aliphatic carbocycles. The second-order valence-corrected chi connectivity index (χ2v) is 11.1.